The molecule has 0 spiro atoms. The van der Waals surface area contributed by atoms with E-state index >= 15 is 0 Å². The predicted molar refractivity (Wildman–Crippen MR) is 142 cm³/mol. The van der Waals surface area contributed by atoms with Gasteiger partial charge in [-0.1, -0.05) is 40.9 Å². The van der Waals surface area contributed by atoms with Gasteiger partial charge in [0.2, 0.25) is 5.91 Å². The Hall–Kier alpha value is -2.64. The van der Waals surface area contributed by atoms with Gasteiger partial charge in [-0.05, 0) is 68.0 Å². The Balaban J connectivity index is 1.25. The van der Waals surface area contributed by atoms with Crippen LogP contribution in [0.25, 0.3) is 11.0 Å². The van der Waals surface area contributed by atoms with Crippen LogP contribution in [0, 0.1) is 12.8 Å². The number of rotatable bonds is 6. The van der Waals surface area contributed by atoms with E-state index in [-0.39, 0.29) is 18.2 Å². The summed E-state index contributed by atoms with van der Waals surface area (Å²) in [5.41, 5.74) is 1.90. The molecule has 0 unspecified atom stereocenters. The SMILES string of the molecule is Cc1c(CCC(=O)N2CC[C@]3(O)CCCC[C@@H]3C2)c(=O)oc2cc(OCc3ccc(Br)cc3)ccc12. The zero-order valence-electron chi connectivity index (χ0n) is 20.6. The Kier molecular flexibility index (Phi) is 7.22. The van der Waals surface area contributed by atoms with Gasteiger partial charge in [0, 0.05) is 46.9 Å². The second-order valence-electron chi connectivity index (χ2n) is 10.2. The molecule has 1 aliphatic carbocycles. The maximum absolute atomic E-state index is 13.0. The Bertz CT molecular complexity index is 1320. The third-order valence-electron chi connectivity index (χ3n) is 7.95. The van der Waals surface area contributed by atoms with Crippen molar-refractivity contribution in [3.8, 4) is 5.75 Å². The van der Waals surface area contributed by atoms with Crippen molar-refractivity contribution in [2.45, 2.75) is 64.1 Å². The van der Waals surface area contributed by atoms with Gasteiger partial charge in [-0.15, -0.1) is 0 Å². The minimum Gasteiger partial charge on any atom is -0.489 e. The van der Waals surface area contributed by atoms with Crippen molar-refractivity contribution in [1.82, 2.24) is 4.90 Å². The van der Waals surface area contributed by atoms with Crippen LogP contribution in [0.4, 0.5) is 0 Å². The molecule has 1 aliphatic heterocycles. The Labute approximate surface area is 219 Å². The van der Waals surface area contributed by atoms with Gasteiger partial charge in [0.25, 0.3) is 0 Å². The first kappa shape index (κ1) is 25.0. The highest BCUT2D eigenvalue weighted by Crippen LogP contribution is 2.40. The lowest BCUT2D eigenvalue weighted by Crippen LogP contribution is -2.54. The number of ether oxygens (including phenoxy) is 1. The Morgan fingerprint density at radius 2 is 2.00 bits per heavy atom. The molecule has 2 heterocycles. The first-order valence-electron chi connectivity index (χ1n) is 12.8. The number of carbonyl (C=O) groups is 1. The molecule has 0 radical (unpaired) electrons. The number of halogens is 1. The van der Waals surface area contributed by atoms with Gasteiger partial charge in [-0.25, -0.2) is 4.79 Å². The van der Waals surface area contributed by atoms with Crippen LogP contribution in [-0.4, -0.2) is 34.6 Å². The van der Waals surface area contributed by atoms with Crippen molar-refractivity contribution in [1.29, 1.82) is 0 Å². The number of hydrogen-bond acceptors (Lipinski definition) is 5. The predicted octanol–water partition coefficient (Wildman–Crippen LogP) is 5.53. The quantitative estimate of drug-likeness (QED) is 0.406. The van der Waals surface area contributed by atoms with Gasteiger partial charge in [-0.2, -0.15) is 0 Å². The summed E-state index contributed by atoms with van der Waals surface area (Å²) in [6.45, 7) is 3.52. The van der Waals surface area contributed by atoms with Crippen LogP contribution in [0.3, 0.4) is 0 Å². The fourth-order valence-electron chi connectivity index (χ4n) is 5.69. The molecule has 36 heavy (non-hydrogen) atoms. The number of hydrogen-bond donors (Lipinski definition) is 1. The molecule has 0 bridgehead atoms. The summed E-state index contributed by atoms with van der Waals surface area (Å²) < 4.78 is 12.6. The van der Waals surface area contributed by atoms with Gasteiger partial charge >= 0.3 is 5.63 Å². The molecule has 2 aliphatic rings. The van der Waals surface area contributed by atoms with Crippen LogP contribution >= 0.6 is 15.9 Å². The van der Waals surface area contributed by atoms with Crippen LogP contribution in [-0.2, 0) is 17.8 Å². The molecule has 3 aromatic rings. The number of amides is 1. The van der Waals surface area contributed by atoms with E-state index in [9.17, 15) is 14.7 Å². The van der Waals surface area contributed by atoms with E-state index in [1.807, 2.05) is 48.2 Å². The zero-order chi connectivity index (χ0) is 25.3. The fourth-order valence-corrected chi connectivity index (χ4v) is 5.95. The minimum absolute atomic E-state index is 0.0400. The molecule has 1 amide bonds. The number of carbonyl (C=O) groups excluding carboxylic acids is 1. The molecule has 7 heteroatoms. The zero-order valence-corrected chi connectivity index (χ0v) is 22.2. The van der Waals surface area contributed by atoms with Crippen molar-refractivity contribution >= 4 is 32.8 Å². The van der Waals surface area contributed by atoms with E-state index in [1.54, 1.807) is 6.07 Å². The van der Waals surface area contributed by atoms with E-state index in [0.29, 0.717) is 49.4 Å². The van der Waals surface area contributed by atoms with E-state index < -0.39 is 11.2 Å². The summed E-state index contributed by atoms with van der Waals surface area (Å²) in [4.78, 5) is 27.7. The van der Waals surface area contributed by atoms with Crippen LogP contribution in [0.2, 0.25) is 0 Å². The van der Waals surface area contributed by atoms with E-state index in [4.69, 9.17) is 9.15 Å². The summed E-state index contributed by atoms with van der Waals surface area (Å²) in [6, 6.07) is 13.4. The molecule has 2 atom stereocenters. The topological polar surface area (TPSA) is 80.0 Å². The lowest BCUT2D eigenvalue weighted by molar-refractivity contribution is -0.143. The minimum atomic E-state index is -0.605. The average molecular weight is 554 g/mol. The summed E-state index contributed by atoms with van der Waals surface area (Å²) in [5, 5.41) is 11.7. The Morgan fingerprint density at radius 1 is 1.19 bits per heavy atom. The first-order valence-corrected chi connectivity index (χ1v) is 13.6. The highest BCUT2D eigenvalue weighted by atomic mass is 79.9. The van der Waals surface area contributed by atoms with Crippen LogP contribution in [0.1, 0.15) is 55.2 Å². The normalized spacial score (nSPS) is 21.9. The molecule has 1 aromatic heterocycles. The molecule has 2 fully saturated rings. The molecule has 190 valence electrons. The lowest BCUT2D eigenvalue weighted by Gasteiger charge is -2.47. The third kappa shape index (κ3) is 5.23. The second kappa shape index (κ2) is 10.4. The van der Waals surface area contributed by atoms with Crippen molar-refractivity contribution in [2.24, 2.45) is 5.92 Å². The highest BCUT2D eigenvalue weighted by Gasteiger charge is 2.43. The fraction of sp³-hybridized carbons (Fsp3) is 0.448. The lowest BCUT2D eigenvalue weighted by atomic mass is 9.71. The summed E-state index contributed by atoms with van der Waals surface area (Å²) in [5.74, 6) is 0.832. The first-order chi connectivity index (χ1) is 17.3. The number of piperidine rings is 1. The molecule has 2 aromatic carbocycles. The van der Waals surface area contributed by atoms with Crippen LogP contribution < -0.4 is 10.4 Å². The molecule has 6 nitrogen and oxygen atoms in total. The standard InChI is InChI=1S/C29H32BrNO5/c1-19-24-10-9-23(35-18-20-5-7-22(30)8-6-20)16-26(24)36-28(33)25(19)11-12-27(32)31-15-14-29(34)13-3-2-4-21(29)17-31/h5-10,16,21,34H,2-4,11-15,17-18H2,1H3/t21-,29-/m1/s1. The number of fused-ring (bicyclic) bond motifs is 2. The molecular formula is C29H32BrNO5. The average Bonchev–Trinajstić information content (AvgIpc) is 2.87. The van der Waals surface area contributed by atoms with Crippen molar-refractivity contribution < 1.29 is 19.1 Å². The largest absolute Gasteiger partial charge is 0.489 e. The maximum Gasteiger partial charge on any atom is 0.339 e. The molecule has 1 N–H and O–H groups in total. The van der Waals surface area contributed by atoms with Crippen LogP contribution in [0.15, 0.2) is 56.1 Å². The van der Waals surface area contributed by atoms with E-state index in [0.717, 1.165) is 46.7 Å². The van der Waals surface area contributed by atoms with E-state index in [1.165, 1.54) is 0 Å². The molecule has 1 saturated carbocycles. The second-order valence-corrected chi connectivity index (χ2v) is 11.1. The summed E-state index contributed by atoms with van der Waals surface area (Å²) in [6.07, 6.45) is 5.25. The van der Waals surface area contributed by atoms with Crippen LogP contribution in [0.5, 0.6) is 5.75 Å². The van der Waals surface area contributed by atoms with Gasteiger partial charge in [-0.3, -0.25) is 4.79 Å². The highest BCUT2D eigenvalue weighted by molar-refractivity contribution is 9.10. The third-order valence-corrected chi connectivity index (χ3v) is 8.48. The number of likely N-dealkylation sites (tertiary alicyclic amines) is 1. The maximum atomic E-state index is 13.0. The van der Waals surface area contributed by atoms with Gasteiger partial charge < -0.3 is 19.2 Å². The number of nitrogens with zero attached hydrogens (tertiary/aromatic N) is 1. The molecule has 5 rings (SSSR count). The van der Waals surface area contributed by atoms with Gasteiger partial charge in [0.05, 0.1) is 5.60 Å². The van der Waals surface area contributed by atoms with E-state index in [2.05, 4.69) is 15.9 Å². The molecule has 1 saturated heterocycles. The molecular weight excluding hydrogens is 522 g/mol. The number of benzene rings is 2. The number of aliphatic hydroxyl groups is 1. The smallest absolute Gasteiger partial charge is 0.339 e. The number of aryl methyl sites for hydroxylation is 1. The van der Waals surface area contributed by atoms with Crippen molar-refractivity contribution in [3.05, 3.63) is 74.0 Å². The Morgan fingerprint density at radius 3 is 2.81 bits per heavy atom. The van der Waals surface area contributed by atoms with Crippen molar-refractivity contribution in [3.63, 3.8) is 0 Å². The van der Waals surface area contributed by atoms with Gasteiger partial charge in [0.1, 0.15) is 17.9 Å². The monoisotopic (exact) mass is 553 g/mol. The van der Waals surface area contributed by atoms with Gasteiger partial charge in [0.15, 0.2) is 0 Å². The summed E-state index contributed by atoms with van der Waals surface area (Å²) >= 11 is 3.43. The van der Waals surface area contributed by atoms with Crippen molar-refractivity contribution in [2.75, 3.05) is 13.1 Å². The summed E-state index contributed by atoms with van der Waals surface area (Å²) in [7, 11) is 0.